The zero-order valence-electron chi connectivity index (χ0n) is 11.5. The molecular formula is C14H13Cl2F2N4+. The number of halogens is 4. The second kappa shape index (κ2) is 5.22. The van der Waals surface area contributed by atoms with Crippen LogP contribution in [0.4, 0.5) is 14.6 Å². The molecule has 4 nitrogen and oxygen atoms in total. The Kier molecular flexibility index (Phi) is 3.43. The van der Waals surface area contributed by atoms with Crippen molar-refractivity contribution in [2.24, 2.45) is 5.92 Å². The molecule has 2 fully saturated rings. The summed E-state index contributed by atoms with van der Waals surface area (Å²) in [5.74, 6) is -0.135. The molecule has 4 rings (SSSR count). The zero-order chi connectivity index (χ0) is 15.4. The highest BCUT2D eigenvalue weighted by atomic mass is 35.5. The molecule has 4 atom stereocenters. The fraction of sp³-hybridized carbons (Fsp3) is 0.500. The molecule has 1 N–H and O–H groups in total. The van der Waals surface area contributed by atoms with Crippen molar-refractivity contribution < 1.29 is 13.7 Å². The highest BCUT2D eigenvalue weighted by molar-refractivity contribution is 6.30. The molecule has 0 amide bonds. The van der Waals surface area contributed by atoms with Crippen LogP contribution in [0.5, 0.6) is 0 Å². The number of rotatable bonds is 1. The van der Waals surface area contributed by atoms with Crippen LogP contribution < -0.4 is 4.90 Å². The molecule has 2 aromatic heterocycles. The van der Waals surface area contributed by atoms with Crippen LogP contribution in [0.25, 0.3) is 10.9 Å². The van der Waals surface area contributed by atoms with E-state index in [-0.39, 0.29) is 27.9 Å². The Morgan fingerprint density at radius 3 is 2.86 bits per heavy atom. The summed E-state index contributed by atoms with van der Waals surface area (Å²) in [6.45, 7) is 0.744. The monoisotopic (exact) mass is 345 g/mol. The molecule has 1 aliphatic heterocycles. The standard InChI is InChI=1S/C14H12Cl2F2N4/c15-12-9(18)10-7(5-19-12)13(21-14(16)20-10)22-4-2-1-3-6-8(17)11(6)22/h5-6,8,11H,1-4H2/p+1/t6-,8?,11?/m1/s1. The topological polar surface area (TPSA) is 43.1 Å². The van der Waals surface area contributed by atoms with Gasteiger partial charge in [-0.3, -0.25) is 4.90 Å². The molecular weight excluding hydrogens is 333 g/mol. The van der Waals surface area contributed by atoms with E-state index in [1.807, 2.05) is 0 Å². The van der Waals surface area contributed by atoms with Crippen molar-refractivity contribution in [3.8, 4) is 0 Å². The van der Waals surface area contributed by atoms with Crippen LogP contribution in [0.3, 0.4) is 0 Å². The molecule has 0 radical (unpaired) electrons. The molecule has 22 heavy (non-hydrogen) atoms. The molecule has 0 aromatic carbocycles. The molecule has 1 aliphatic carbocycles. The van der Waals surface area contributed by atoms with Crippen molar-refractivity contribution >= 4 is 39.9 Å². The molecule has 8 heteroatoms. The summed E-state index contributed by atoms with van der Waals surface area (Å²) >= 11 is 11.7. The molecule has 1 saturated heterocycles. The maximum atomic E-state index is 14.2. The first kappa shape index (κ1) is 14.5. The van der Waals surface area contributed by atoms with E-state index >= 15 is 0 Å². The van der Waals surface area contributed by atoms with Crippen molar-refractivity contribution in [1.29, 1.82) is 0 Å². The summed E-state index contributed by atoms with van der Waals surface area (Å²) in [7, 11) is 0. The van der Waals surface area contributed by atoms with E-state index in [9.17, 15) is 8.78 Å². The summed E-state index contributed by atoms with van der Waals surface area (Å²) in [5, 5.41) is 0.126. The van der Waals surface area contributed by atoms with Gasteiger partial charge in [0.15, 0.2) is 17.1 Å². The Morgan fingerprint density at radius 2 is 2.05 bits per heavy atom. The number of nitrogens with one attached hydrogen (secondary N) is 1. The Hall–Kier alpha value is -1.11. The number of alkyl halides is 1. The van der Waals surface area contributed by atoms with Gasteiger partial charge in [-0.05, 0) is 30.9 Å². The second-order valence-electron chi connectivity index (χ2n) is 5.87. The Balaban J connectivity index is 1.89. The van der Waals surface area contributed by atoms with E-state index in [1.165, 1.54) is 6.20 Å². The minimum atomic E-state index is -0.829. The second-order valence-corrected chi connectivity index (χ2v) is 6.57. The first-order valence-corrected chi connectivity index (χ1v) is 8.01. The van der Waals surface area contributed by atoms with Crippen LogP contribution >= 0.6 is 23.2 Å². The number of quaternary nitrogens is 1. The van der Waals surface area contributed by atoms with Gasteiger partial charge in [0, 0.05) is 6.20 Å². The van der Waals surface area contributed by atoms with Gasteiger partial charge >= 0.3 is 0 Å². The summed E-state index contributed by atoms with van der Waals surface area (Å²) in [4.78, 5) is 12.9. The first-order chi connectivity index (χ1) is 10.6. The molecule has 1 saturated carbocycles. The number of fused-ring (bicyclic) bond motifs is 2. The maximum Gasteiger partial charge on any atom is 0.240 e. The van der Waals surface area contributed by atoms with E-state index in [2.05, 4.69) is 15.0 Å². The number of hydrogen-bond donors (Lipinski definition) is 1. The Labute approximate surface area is 135 Å². The summed E-state index contributed by atoms with van der Waals surface area (Å²) in [5.41, 5.74) is 0.0411. The Bertz CT molecular complexity index is 757. The van der Waals surface area contributed by atoms with Gasteiger partial charge < -0.3 is 0 Å². The van der Waals surface area contributed by atoms with E-state index in [4.69, 9.17) is 23.2 Å². The highest BCUT2D eigenvalue weighted by Gasteiger charge is 2.60. The van der Waals surface area contributed by atoms with Gasteiger partial charge in [0.05, 0.1) is 12.5 Å². The van der Waals surface area contributed by atoms with Crippen LogP contribution in [0.1, 0.15) is 19.3 Å². The predicted octanol–water partition coefficient (Wildman–Crippen LogP) is 2.51. The van der Waals surface area contributed by atoms with Crippen molar-refractivity contribution in [3.63, 3.8) is 0 Å². The average Bonchev–Trinajstić information content (AvgIpc) is 3.18. The molecule has 3 unspecified atom stereocenters. The number of aromatic nitrogens is 3. The lowest BCUT2D eigenvalue weighted by Gasteiger charge is -2.18. The van der Waals surface area contributed by atoms with Crippen molar-refractivity contribution in [2.45, 2.75) is 31.5 Å². The first-order valence-electron chi connectivity index (χ1n) is 7.25. The average molecular weight is 346 g/mol. The molecule has 0 spiro atoms. The lowest BCUT2D eigenvalue weighted by atomic mass is 10.2. The lowest BCUT2D eigenvalue weighted by Crippen LogP contribution is -3.09. The molecule has 2 aromatic rings. The number of pyridine rings is 1. The normalized spacial score (nSPS) is 30.9. The quantitative estimate of drug-likeness (QED) is 0.637. The molecule has 2 aliphatic rings. The SMILES string of the molecule is Fc1c(Cl)ncc2c([NH+]3CCCC[C@@H]4C(F)C43)nc(Cl)nc12. The third-order valence-electron chi connectivity index (χ3n) is 4.63. The largest absolute Gasteiger partial charge is 0.280 e. The van der Waals surface area contributed by atoms with Gasteiger partial charge in [-0.15, -0.1) is 0 Å². The summed E-state index contributed by atoms with van der Waals surface area (Å²) in [6, 6.07) is -0.129. The zero-order valence-corrected chi connectivity index (χ0v) is 13.0. The highest BCUT2D eigenvalue weighted by Crippen LogP contribution is 2.39. The third-order valence-corrected chi connectivity index (χ3v) is 5.06. The molecule has 3 heterocycles. The van der Waals surface area contributed by atoms with Gasteiger partial charge in [-0.25, -0.2) is 18.7 Å². The maximum absolute atomic E-state index is 14.2. The summed E-state index contributed by atoms with van der Waals surface area (Å²) < 4.78 is 28.2. The van der Waals surface area contributed by atoms with Crippen LogP contribution in [-0.4, -0.2) is 33.7 Å². The summed E-state index contributed by atoms with van der Waals surface area (Å²) in [6.07, 6.45) is 3.48. The Morgan fingerprint density at radius 1 is 1.23 bits per heavy atom. The third kappa shape index (κ3) is 2.16. The minimum absolute atomic E-state index is 0.0411. The van der Waals surface area contributed by atoms with Crippen LogP contribution in [0.15, 0.2) is 6.20 Å². The van der Waals surface area contributed by atoms with Crippen LogP contribution in [-0.2, 0) is 0 Å². The van der Waals surface area contributed by atoms with Gasteiger partial charge in [0.1, 0.15) is 16.9 Å². The fourth-order valence-electron chi connectivity index (χ4n) is 3.51. The van der Waals surface area contributed by atoms with E-state index in [1.54, 1.807) is 0 Å². The fourth-order valence-corrected chi connectivity index (χ4v) is 3.82. The molecule has 116 valence electrons. The molecule has 0 bridgehead atoms. The van der Waals surface area contributed by atoms with Crippen molar-refractivity contribution in [2.75, 3.05) is 6.54 Å². The van der Waals surface area contributed by atoms with Gasteiger partial charge in [0.25, 0.3) is 0 Å². The number of nitrogens with zero attached hydrogens (tertiary/aromatic N) is 3. The van der Waals surface area contributed by atoms with E-state index in [0.29, 0.717) is 11.2 Å². The van der Waals surface area contributed by atoms with E-state index < -0.39 is 12.0 Å². The van der Waals surface area contributed by atoms with Gasteiger partial charge in [-0.1, -0.05) is 11.6 Å². The predicted molar refractivity (Wildman–Crippen MR) is 78.8 cm³/mol. The van der Waals surface area contributed by atoms with Gasteiger partial charge in [0.2, 0.25) is 11.1 Å². The lowest BCUT2D eigenvalue weighted by molar-refractivity contribution is -0.848. The van der Waals surface area contributed by atoms with Gasteiger partial charge in [-0.2, -0.15) is 4.98 Å². The van der Waals surface area contributed by atoms with E-state index in [0.717, 1.165) is 30.7 Å². The van der Waals surface area contributed by atoms with Crippen LogP contribution in [0.2, 0.25) is 10.4 Å². The smallest absolute Gasteiger partial charge is 0.240 e. The number of hydrogen-bond acceptors (Lipinski definition) is 3. The van der Waals surface area contributed by atoms with Crippen molar-refractivity contribution in [3.05, 3.63) is 22.5 Å². The minimum Gasteiger partial charge on any atom is -0.280 e. The van der Waals surface area contributed by atoms with Crippen LogP contribution in [0, 0.1) is 11.7 Å². The van der Waals surface area contributed by atoms with Crippen molar-refractivity contribution in [1.82, 2.24) is 15.0 Å².